The molecule has 1 aromatic carbocycles. The fourth-order valence-corrected chi connectivity index (χ4v) is 1.33. The number of nitrogens with two attached hydrogens (primary N) is 1. The molecule has 0 bridgehead atoms. The van der Waals surface area contributed by atoms with Gasteiger partial charge in [0.2, 0.25) is 0 Å². The summed E-state index contributed by atoms with van der Waals surface area (Å²) in [6.45, 7) is 1.69. The van der Waals surface area contributed by atoms with Crippen LogP contribution in [-0.2, 0) is 4.79 Å². The van der Waals surface area contributed by atoms with E-state index in [1.165, 1.54) is 0 Å². The van der Waals surface area contributed by atoms with E-state index in [1.54, 1.807) is 0 Å². The zero-order valence-corrected chi connectivity index (χ0v) is 9.69. The molecule has 0 aromatic heterocycles. The van der Waals surface area contributed by atoms with Gasteiger partial charge in [0.25, 0.3) is 0 Å². The summed E-state index contributed by atoms with van der Waals surface area (Å²) in [5.74, 6) is -0.0654. The Morgan fingerprint density at radius 2 is 2.29 bits per heavy atom. The van der Waals surface area contributed by atoms with Gasteiger partial charge in [-0.15, -0.1) is 0 Å². The quantitative estimate of drug-likeness (QED) is 0.594. The molecule has 0 spiro atoms. The molecule has 0 heterocycles. The minimum Gasteiger partial charge on any atom is -0.494 e. The number of carbonyl (C=O) groups is 1. The van der Waals surface area contributed by atoms with Crippen molar-refractivity contribution in [2.45, 2.75) is 12.8 Å². The molecule has 5 heteroatoms. The molecular weight excluding hydrogens is 220 g/mol. The van der Waals surface area contributed by atoms with Crippen LogP contribution < -0.4 is 15.8 Å². The van der Waals surface area contributed by atoms with Crippen LogP contribution in [0.2, 0.25) is 0 Å². The van der Waals surface area contributed by atoms with E-state index in [-0.39, 0.29) is 6.42 Å². The van der Waals surface area contributed by atoms with Crippen molar-refractivity contribution >= 4 is 11.7 Å². The summed E-state index contributed by atoms with van der Waals surface area (Å²) in [6, 6.07) is 7.52. The topological polar surface area (TPSA) is 84.6 Å². The lowest BCUT2D eigenvalue weighted by atomic mass is 10.3. The third kappa shape index (κ3) is 5.77. The lowest BCUT2D eigenvalue weighted by Crippen LogP contribution is -2.13. The Hall–Kier alpha value is -1.75. The number of carboxylic acids is 1. The maximum atomic E-state index is 10.3. The van der Waals surface area contributed by atoms with Gasteiger partial charge in [0.1, 0.15) is 5.75 Å². The van der Waals surface area contributed by atoms with Crippen LogP contribution >= 0.6 is 0 Å². The first kappa shape index (κ1) is 13.3. The summed E-state index contributed by atoms with van der Waals surface area (Å²) >= 11 is 0. The second kappa shape index (κ2) is 7.51. The van der Waals surface area contributed by atoms with Gasteiger partial charge in [-0.05, 0) is 18.6 Å². The van der Waals surface area contributed by atoms with Crippen LogP contribution in [0.3, 0.4) is 0 Å². The summed E-state index contributed by atoms with van der Waals surface area (Å²) < 4.78 is 5.44. The Balaban J connectivity index is 2.34. The normalized spacial score (nSPS) is 9.94. The summed E-state index contributed by atoms with van der Waals surface area (Å²) in [5, 5.41) is 11.6. The maximum absolute atomic E-state index is 10.3. The molecule has 94 valence electrons. The number of rotatable bonds is 8. The molecular formula is C12H18N2O3. The van der Waals surface area contributed by atoms with Gasteiger partial charge >= 0.3 is 5.97 Å². The maximum Gasteiger partial charge on any atom is 0.303 e. The van der Waals surface area contributed by atoms with Gasteiger partial charge < -0.3 is 20.9 Å². The molecule has 1 aromatic rings. The Bertz CT molecular complexity index is 355. The van der Waals surface area contributed by atoms with Gasteiger partial charge in [-0.25, -0.2) is 0 Å². The number of nitrogens with one attached hydrogen (secondary N) is 1. The number of anilines is 1. The first-order valence-corrected chi connectivity index (χ1v) is 5.61. The molecule has 0 saturated heterocycles. The predicted molar refractivity (Wildman–Crippen MR) is 66.4 cm³/mol. The zero-order valence-electron chi connectivity index (χ0n) is 9.69. The monoisotopic (exact) mass is 238 g/mol. The fourth-order valence-electron chi connectivity index (χ4n) is 1.33. The minimum absolute atomic E-state index is 0.130. The van der Waals surface area contributed by atoms with E-state index >= 15 is 0 Å². The standard InChI is InChI=1S/C12H18N2O3/c13-6-7-14-10-3-1-4-11(9-10)17-8-2-5-12(15)16/h1,3-4,9,14H,2,5-8,13H2,(H,15,16). The van der Waals surface area contributed by atoms with Crippen molar-refractivity contribution in [3.05, 3.63) is 24.3 Å². The van der Waals surface area contributed by atoms with Crippen LogP contribution in [0.1, 0.15) is 12.8 Å². The Kier molecular flexibility index (Phi) is 5.88. The van der Waals surface area contributed by atoms with Crippen LogP contribution in [0.5, 0.6) is 5.75 Å². The van der Waals surface area contributed by atoms with Crippen LogP contribution in [0, 0.1) is 0 Å². The molecule has 0 aliphatic heterocycles. The van der Waals surface area contributed by atoms with Crippen molar-refractivity contribution in [3.63, 3.8) is 0 Å². The van der Waals surface area contributed by atoms with Crippen molar-refractivity contribution < 1.29 is 14.6 Å². The van der Waals surface area contributed by atoms with Gasteiger partial charge in [0.05, 0.1) is 6.61 Å². The van der Waals surface area contributed by atoms with E-state index in [1.807, 2.05) is 24.3 Å². The van der Waals surface area contributed by atoms with Crippen molar-refractivity contribution in [1.29, 1.82) is 0 Å². The molecule has 0 fully saturated rings. The summed E-state index contributed by atoms with van der Waals surface area (Å²) in [4.78, 5) is 10.3. The summed E-state index contributed by atoms with van der Waals surface area (Å²) in [5.41, 5.74) is 6.34. The lowest BCUT2D eigenvalue weighted by Gasteiger charge is -2.08. The Morgan fingerprint density at radius 3 is 3.00 bits per heavy atom. The number of hydrogen-bond donors (Lipinski definition) is 3. The smallest absolute Gasteiger partial charge is 0.303 e. The molecule has 0 saturated carbocycles. The number of hydrogen-bond acceptors (Lipinski definition) is 4. The number of aliphatic carboxylic acids is 1. The van der Waals surface area contributed by atoms with Gasteiger partial charge in [-0.2, -0.15) is 0 Å². The van der Waals surface area contributed by atoms with Crippen LogP contribution in [-0.4, -0.2) is 30.8 Å². The summed E-state index contributed by atoms with van der Waals surface area (Å²) in [7, 11) is 0. The van der Waals surface area contributed by atoms with E-state index in [9.17, 15) is 4.79 Å². The number of carboxylic acid groups (broad SMARTS) is 1. The first-order valence-electron chi connectivity index (χ1n) is 5.61. The van der Waals surface area contributed by atoms with Gasteiger partial charge in [-0.3, -0.25) is 4.79 Å². The average molecular weight is 238 g/mol. The minimum atomic E-state index is -0.799. The largest absolute Gasteiger partial charge is 0.494 e. The Morgan fingerprint density at radius 1 is 1.47 bits per heavy atom. The fraction of sp³-hybridized carbons (Fsp3) is 0.417. The summed E-state index contributed by atoms with van der Waals surface area (Å²) in [6.07, 6.45) is 0.640. The molecule has 0 radical (unpaired) electrons. The molecule has 0 atom stereocenters. The highest BCUT2D eigenvalue weighted by molar-refractivity contribution is 5.66. The molecule has 0 aliphatic rings. The molecule has 4 N–H and O–H groups in total. The van der Waals surface area contributed by atoms with Gasteiger partial charge in [0.15, 0.2) is 0 Å². The van der Waals surface area contributed by atoms with E-state index in [0.717, 1.165) is 11.4 Å². The van der Waals surface area contributed by atoms with E-state index in [0.29, 0.717) is 26.1 Å². The van der Waals surface area contributed by atoms with E-state index in [2.05, 4.69) is 5.32 Å². The van der Waals surface area contributed by atoms with Crippen molar-refractivity contribution in [2.75, 3.05) is 25.0 Å². The molecule has 17 heavy (non-hydrogen) atoms. The molecule has 0 unspecified atom stereocenters. The van der Waals surface area contributed by atoms with Crippen LogP contribution in [0.25, 0.3) is 0 Å². The van der Waals surface area contributed by atoms with Crippen molar-refractivity contribution in [2.24, 2.45) is 5.73 Å². The molecule has 5 nitrogen and oxygen atoms in total. The molecule has 0 aliphatic carbocycles. The molecule has 0 amide bonds. The highest BCUT2D eigenvalue weighted by atomic mass is 16.5. The van der Waals surface area contributed by atoms with Gasteiger partial charge in [0, 0.05) is 31.3 Å². The first-order chi connectivity index (χ1) is 8.22. The lowest BCUT2D eigenvalue weighted by molar-refractivity contribution is -0.137. The van der Waals surface area contributed by atoms with Crippen molar-refractivity contribution in [1.82, 2.24) is 0 Å². The van der Waals surface area contributed by atoms with Crippen LogP contribution in [0.4, 0.5) is 5.69 Å². The second-order valence-electron chi connectivity index (χ2n) is 3.59. The average Bonchev–Trinajstić information content (AvgIpc) is 2.32. The van der Waals surface area contributed by atoms with Crippen molar-refractivity contribution in [3.8, 4) is 5.75 Å². The van der Waals surface area contributed by atoms with Crippen LogP contribution in [0.15, 0.2) is 24.3 Å². The second-order valence-corrected chi connectivity index (χ2v) is 3.59. The highest BCUT2D eigenvalue weighted by Crippen LogP contribution is 2.17. The number of benzene rings is 1. The Labute approximate surface area is 101 Å². The van der Waals surface area contributed by atoms with E-state index in [4.69, 9.17) is 15.6 Å². The third-order valence-electron chi connectivity index (χ3n) is 2.11. The highest BCUT2D eigenvalue weighted by Gasteiger charge is 1.99. The van der Waals surface area contributed by atoms with Gasteiger partial charge in [-0.1, -0.05) is 6.07 Å². The SMILES string of the molecule is NCCNc1cccc(OCCCC(=O)O)c1. The zero-order chi connectivity index (χ0) is 12.5. The molecule has 1 rings (SSSR count). The number of ether oxygens (including phenoxy) is 1. The third-order valence-corrected chi connectivity index (χ3v) is 2.11. The predicted octanol–water partition coefficient (Wildman–Crippen LogP) is 1.30. The van der Waals surface area contributed by atoms with E-state index < -0.39 is 5.97 Å².